The summed E-state index contributed by atoms with van der Waals surface area (Å²) in [7, 11) is 4.19. The van der Waals surface area contributed by atoms with Gasteiger partial charge in [0.1, 0.15) is 0 Å². The summed E-state index contributed by atoms with van der Waals surface area (Å²) in [6.45, 7) is 0.998. The molecule has 25 heavy (non-hydrogen) atoms. The molecule has 3 rings (SSSR count). The van der Waals surface area contributed by atoms with Gasteiger partial charge in [-0.25, -0.2) is 0 Å². The number of nitrogens with zero attached hydrogens (tertiary/aromatic N) is 1. The van der Waals surface area contributed by atoms with Crippen LogP contribution in [0, 0.1) is 0 Å². The number of hydrogen-bond donors (Lipinski definition) is 1. The van der Waals surface area contributed by atoms with E-state index in [0.29, 0.717) is 0 Å². The molecule has 0 spiro atoms. The maximum Gasteiger partial charge on any atom is 0.0967 e. The van der Waals surface area contributed by atoms with Crippen LogP contribution in [-0.2, 0) is 12.0 Å². The first-order valence-corrected chi connectivity index (χ1v) is 10.0. The van der Waals surface area contributed by atoms with Crippen molar-refractivity contribution >= 4 is 15.9 Å². The maximum atomic E-state index is 12.0. The monoisotopic (exact) mass is 401 g/mol. The lowest BCUT2D eigenvalue weighted by molar-refractivity contribution is -0.00605. The van der Waals surface area contributed by atoms with Gasteiger partial charge in [-0.1, -0.05) is 52.3 Å². The van der Waals surface area contributed by atoms with Gasteiger partial charge in [-0.2, -0.15) is 0 Å². The van der Waals surface area contributed by atoms with Crippen molar-refractivity contribution in [1.82, 2.24) is 4.90 Å². The van der Waals surface area contributed by atoms with Crippen molar-refractivity contribution in [3.63, 3.8) is 0 Å². The van der Waals surface area contributed by atoms with Gasteiger partial charge < -0.3 is 10.0 Å². The van der Waals surface area contributed by atoms with Crippen molar-refractivity contribution in [2.24, 2.45) is 0 Å². The van der Waals surface area contributed by atoms with Crippen LogP contribution in [0.5, 0.6) is 0 Å². The summed E-state index contributed by atoms with van der Waals surface area (Å²) in [5, 5.41) is 12.0. The van der Waals surface area contributed by atoms with Crippen molar-refractivity contribution in [3.8, 4) is 0 Å². The van der Waals surface area contributed by atoms with E-state index in [2.05, 4.69) is 83.5 Å². The second-order valence-electron chi connectivity index (χ2n) is 7.48. The molecule has 2 aromatic rings. The zero-order valence-electron chi connectivity index (χ0n) is 15.2. The van der Waals surface area contributed by atoms with Crippen LogP contribution >= 0.6 is 15.9 Å². The molecule has 0 aromatic heterocycles. The summed E-state index contributed by atoms with van der Waals surface area (Å²) >= 11 is 3.53. The number of hydrogen-bond acceptors (Lipinski definition) is 2. The van der Waals surface area contributed by atoms with E-state index in [1.165, 1.54) is 11.1 Å². The highest BCUT2D eigenvalue weighted by Crippen LogP contribution is 2.47. The third kappa shape index (κ3) is 4.16. The third-order valence-electron chi connectivity index (χ3n) is 5.43. The van der Waals surface area contributed by atoms with Crippen LogP contribution in [-0.4, -0.2) is 30.6 Å². The largest absolute Gasteiger partial charge is 0.385 e. The lowest BCUT2D eigenvalue weighted by Gasteiger charge is -2.37. The van der Waals surface area contributed by atoms with E-state index in [1.54, 1.807) is 0 Å². The van der Waals surface area contributed by atoms with E-state index >= 15 is 0 Å². The predicted octanol–water partition coefficient (Wildman–Crippen LogP) is 5.10. The van der Waals surface area contributed by atoms with Crippen LogP contribution in [0.4, 0.5) is 0 Å². The Morgan fingerprint density at radius 3 is 2.56 bits per heavy atom. The fraction of sp³-hybridized carbons (Fsp3) is 0.455. The summed E-state index contributed by atoms with van der Waals surface area (Å²) in [4.78, 5) is 2.20. The maximum absolute atomic E-state index is 12.0. The van der Waals surface area contributed by atoms with Crippen LogP contribution < -0.4 is 0 Å². The van der Waals surface area contributed by atoms with Gasteiger partial charge in [0, 0.05) is 10.4 Å². The van der Waals surface area contributed by atoms with Gasteiger partial charge >= 0.3 is 0 Å². The molecule has 3 heteroatoms. The molecule has 2 aromatic carbocycles. The molecule has 0 saturated carbocycles. The smallest absolute Gasteiger partial charge is 0.0967 e. The Bertz CT molecular complexity index is 697. The SMILES string of the molecule is CN(C)CCCC1(O)c2ccccc2CCCC1c1ccc(Br)cc1. The molecule has 0 aliphatic heterocycles. The second-order valence-corrected chi connectivity index (χ2v) is 8.40. The van der Waals surface area contributed by atoms with Gasteiger partial charge in [0.15, 0.2) is 0 Å². The Morgan fingerprint density at radius 1 is 1.12 bits per heavy atom. The molecular weight excluding hydrogens is 374 g/mol. The highest BCUT2D eigenvalue weighted by atomic mass is 79.9. The van der Waals surface area contributed by atoms with Crippen molar-refractivity contribution in [3.05, 3.63) is 69.7 Å². The van der Waals surface area contributed by atoms with Gasteiger partial charge in [-0.3, -0.25) is 0 Å². The Kier molecular flexibility index (Phi) is 5.98. The number of halogens is 1. The van der Waals surface area contributed by atoms with Crippen molar-refractivity contribution in [2.75, 3.05) is 20.6 Å². The molecule has 1 aliphatic rings. The minimum absolute atomic E-state index is 0.145. The summed E-state index contributed by atoms with van der Waals surface area (Å²) in [6.07, 6.45) is 4.98. The van der Waals surface area contributed by atoms with E-state index in [9.17, 15) is 5.11 Å². The molecule has 0 heterocycles. The van der Waals surface area contributed by atoms with E-state index < -0.39 is 5.60 Å². The first-order chi connectivity index (χ1) is 12.0. The first kappa shape index (κ1) is 18.6. The van der Waals surface area contributed by atoms with Crippen LogP contribution in [0.25, 0.3) is 0 Å². The minimum atomic E-state index is -0.795. The van der Waals surface area contributed by atoms with Gasteiger partial charge in [0.2, 0.25) is 0 Å². The van der Waals surface area contributed by atoms with Gasteiger partial charge in [-0.15, -0.1) is 0 Å². The Morgan fingerprint density at radius 2 is 1.84 bits per heavy atom. The number of benzene rings is 2. The second kappa shape index (κ2) is 8.03. The van der Waals surface area contributed by atoms with E-state index in [1.807, 2.05) is 0 Å². The van der Waals surface area contributed by atoms with Gasteiger partial charge in [-0.05, 0) is 81.6 Å². The van der Waals surface area contributed by atoms with Gasteiger partial charge in [0.25, 0.3) is 0 Å². The predicted molar refractivity (Wildman–Crippen MR) is 108 cm³/mol. The summed E-state index contributed by atoms with van der Waals surface area (Å²) in [5.41, 5.74) is 2.90. The number of fused-ring (bicyclic) bond motifs is 1. The number of aliphatic hydroxyl groups is 1. The number of rotatable bonds is 5. The molecule has 2 nitrogen and oxygen atoms in total. The normalized spacial score (nSPS) is 23.3. The zero-order valence-corrected chi connectivity index (χ0v) is 16.8. The highest BCUT2D eigenvalue weighted by molar-refractivity contribution is 9.10. The average molecular weight is 402 g/mol. The quantitative estimate of drug-likeness (QED) is 0.704. The average Bonchev–Trinajstić information content (AvgIpc) is 2.73. The Hall–Kier alpha value is -1.16. The van der Waals surface area contributed by atoms with E-state index in [4.69, 9.17) is 0 Å². The molecule has 0 saturated heterocycles. The number of aryl methyl sites for hydroxylation is 1. The summed E-state index contributed by atoms with van der Waals surface area (Å²) < 4.78 is 1.08. The first-order valence-electron chi connectivity index (χ1n) is 9.21. The summed E-state index contributed by atoms with van der Waals surface area (Å²) in [5.74, 6) is 0.145. The van der Waals surface area contributed by atoms with Crippen LogP contribution in [0.3, 0.4) is 0 Å². The molecular formula is C22H28BrNO. The molecule has 0 amide bonds. The molecule has 1 aliphatic carbocycles. The fourth-order valence-electron chi connectivity index (χ4n) is 4.19. The van der Waals surface area contributed by atoms with Crippen LogP contribution in [0.1, 0.15) is 48.3 Å². The van der Waals surface area contributed by atoms with Crippen molar-refractivity contribution in [2.45, 2.75) is 43.6 Å². The standard InChI is InChI=1S/C22H28BrNO/c1-24(2)16-6-15-22(25)20-9-4-3-7-17(20)8-5-10-21(22)18-11-13-19(23)14-12-18/h3-4,7,9,11-14,21,25H,5-6,8,10,15-16H2,1-2H3. The molecule has 0 fully saturated rings. The molecule has 2 atom stereocenters. The van der Waals surface area contributed by atoms with E-state index in [0.717, 1.165) is 48.7 Å². The minimum Gasteiger partial charge on any atom is -0.385 e. The fourth-order valence-corrected chi connectivity index (χ4v) is 4.46. The summed E-state index contributed by atoms with van der Waals surface area (Å²) in [6, 6.07) is 17.0. The molecule has 134 valence electrons. The highest BCUT2D eigenvalue weighted by Gasteiger charge is 2.41. The third-order valence-corrected chi connectivity index (χ3v) is 5.96. The topological polar surface area (TPSA) is 23.5 Å². The molecule has 1 N–H and O–H groups in total. The lowest BCUT2D eigenvalue weighted by atomic mass is 9.73. The van der Waals surface area contributed by atoms with E-state index in [-0.39, 0.29) is 5.92 Å². The molecule has 0 radical (unpaired) electrons. The Labute approximate surface area is 160 Å². The van der Waals surface area contributed by atoms with Crippen molar-refractivity contribution < 1.29 is 5.11 Å². The lowest BCUT2D eigenvalue weighted by Crippen LogP contribution is -2.34. The van der Waals surface area contributed by atoms with Crippen LogP contribution in [0.15, 0.2) is 53.0 Å². The zero-order chi connectivity index (χ0) is 17.9. The van der Waals surface area contributed by atoms with Crippen LogP contribution in [0.2, 0.25) is 0 Å². The Balaban J connectivity index is 2.00. The van der Waals surface area contributed by atoms with Crippen molar-refractivity contribution in [1.29, 1.82) is 0 Å². The molecule has 2 unspecified atom stereocenters. The van der Waals surface area contributed by atoms with Gasteiger partial charge in [0.05, 0.1) is 5.60 Å². The molecule has 0 bridgehead atoms.